The molecule has 0 aromatic carbocycles. The minimum absolute atomic E-state index is 0.0662. The number of aliphatic hydroxyl groups excluding tert-OH is 1. The summed E-state index contributed by atoms with van der Waals surface area (Å²) < 4.78 is 6.38. The van der Waals surface area contributed by atoms with Gasteiger partial charge in [0.2, 0.25) is 6.29 Å². The summed E-state index contributed by atoms with van der Waals surface area (Å²) in [5.41, 5.74) is -0.925. The van der Waals surface area contributed by atoms with Crippen molar-refractivity contribution in [2.75, 3.05) is 0 Å². The van der Waals surface area contributed by atoms with Gasteiger partial charge < -0.3 is 9.84 Å². The summed E-state index contributed by atoms with van der Waals surface area (Å²) in [5.74, 6) is 0.0662. The first-order chi connectivity index (χ1) is 8.27. The van der Waals surface area contributed by atoms with Gasteiger partial charge in [0, 0.05) is 6.42 Å². The number of rotatable bonds is 4. The maximum absolute atomic E-state index is 12.0. The molecule has 0 radical (unpaired) electrons. The third kappa shape index (κ3) is 3.34. The minimum Gasteiger partial charge on any atom is -0.461 e. The van der Waals surface area contributed by atoms with Crippen LogP contribution in [0.4, 0.5) is 0 Å². The number of hydrogen-bond donors (Lipinski definition) is 1. The van der Waals surface area contributed by atoms with Crippen molar-refractivity contribution < 1.29 is 9.84 Å². The van der Waals surface area contributed by atoms with E-state index in [9.17, 15) is 9.90 Å². The highest BCUT2D eigenvalue weighted by atomic mass is 35.5. The smallest absolute Gasteiger partial charge is 0.289 e. The van der Waals surface area contributed by atoms with Crippen molar-refractivity contribution in [1.82, 2.24) is 9.78 Å². The highest BCUT2D eigenvalue weighted by Gasteiger charge is 2.20. The maximum Gasteiger partial charge on any atom is 0.289 e. The fraction of sp³-hybridized carbons (Fsp3) is 0.500. The molecule has 0 amide bonds. The number of nitrogens with zero attached hydrogens (tertiary/aromatic N) is 2. The normalized spacial score (nSPS) is 13.2. The molecule has 0 aliphatic carbocycles. The molecule has 100 valence electrons. The van der Waals surface area contributed by atoms with Crippen LogP contribution in [0, 0.1) is 0 Å². The van der Waals surface area contributed by atoms with Crippen molar-refractivity contribution in [1.29, 1.82) is 0 Å². The molecule has 6 heteroatoms. The third-order valence-electron chi connectivity index (χ3n) is 2.15. The van der Waals surface area contributed by atoms with Crippen LogP contribution < -0.4 is 10.3 Å². The van der Waals surface area contributed by atoms with E-state index in [1.165, 1.54) is 17.0 Å². The zero-order valence-corrected chi connectivity index (χ0v) is 11.4. The van der Waals surface area contributed by atoms with Crippen molar-refractivity contribution in [3.8, 4) is 5.75 Å². The van der Waals surface area contributed by atoms with Crippen LogP contribution in [0.15, 0.2) is 23.6 Å². The lowest BCUT2D eigenvalue weighted by atomic mass is 10.1. The fourth-order valence-corrected chi connectivity index (χ4v) is 1.49. The number of ether oxygens (including phenoxy) is 1. The van der Waals surface area contributed by atoms with Crippen LogP contribution in [0.1, 0.15) is 27.2 Å². The molecule has 1 atom stereocenters. The van der Waals surface area contributed by atoms with E-state index in [0.29, 0.717) is 0 Å². The monoisotopic (exact) mass is 272 g/mol. The van der Waals surface area contributed by atoms with E-state index in [2.05, 4.69) is 11.7 Å². The zero-order valence-electron chi connectivity index (χ0n) is 10.7. The highest BCUT2D eigenvalue weighted by Crippen LogP contribution is 2.21. The summed E-state index contributed by atoms with van der Waals surface area (Å²) in [6.07, 6.45) is 1.97. The Morgan fingerprint density at radius 2 is 2.28 bits per heavy atom. The minimum atomic E-state index is -1.09. The van der Waals surface area contributed by atoms with Gasteiger partial charge in [0.15, 0.2) is 10.8 Å². The molecular formula is C12H17ClN2O3. The predicted molar refractivity (Wildman–Crippen MR) is 70.0 cm³/mol. The number of aromatic nitrogens is 2. The molecule has 0 bridgehead atoms. The van der Waals surface area contributed by atoms with E-state index in [4.69, 9.17) is 16.3 Å². The van der Waals surface area contributed by atoms with E-state index < -0.39 is 17.4 Å². The Hall–Kier alpha value is -1.33. The Labute approximate surface area is 111 Å². The molecule has 0 saturated carbocycles. The van der Waals surface area contributed by atoms with Gasteiger partial charge in [-0.1, -0.05) is 17.7 Å². The van der Waals surface area contributed by atoms with Crippen LogP contribution >= 0.6 is 11.6 Å². The van der Waals surface area contributed by atoms with Crippen LogP contribution in [0.5, 0.6) is 5.75 Å². The van der Waals surface area contributed by atoms with Gasteiger partial charge in [-0.3, -0.25) is 4.79 Å². The fourth-order valence-electron chi connectivity index (χ4n) is 1.31. The lowest BCUT2D eigenvalue weighted by Crippen LogP contribution is -2.36. The van der Waals surface area contributed by atoms with Crippen molar-refractivity contribution in [2.45, 2.75) is 39.0 Å². The van der Waals surface area contributed by atoms with Gasteiger partial charge in [0.1, 0.15) is 0 Å². The maximum atomic E-state index is 12.0. The molecule has 0 saturated heterocycles. The second-order valence-corrected chi connectivity index (χ2v) is 5.19. The Bertz CT molecular complexity index is 491. The number of hydrogen-bond acceptors (Lipinski definition) is 4. The Kier molecular flexibility index (Phi) is 4.53. The molecule has 18 heavy (non-hydrogen) atoms. The summed E-state index contributed by atoms with van der Waals surface area (Å²) in [6.45, 7) is 8.99. The molecule has 0 fully saturated rings. The van der Waals surface area contributed by atoms with Crippen LogP contribution in [0.3, 0.4) is 0 Å². The third-order valence-corrected chi connectivity index (χ3v) is 2.50. The molecule has 1 unspecified atom stereocenters. The molecule has 1 N–H and O–H groups in total. The van der Waals surface area contributed by atoms with E-state index in [-0.39, 0.29) is 17.2 Å². The predicted octanol–water partition coefficient (Wildman–Crippen LogP) is 1.92. The van der Waals surface area contributed by atoms with E-state index >= 15 is 0 Å². The van der Waals surface area contributed by atoms with Crippen molar-refractivity contribution in [3.05, 3.63) is 34.2 Å². The molecular weight excluding hydrogens is 256 g/mol. The summed E-state index contributed by atoms with van der Waals surface area (Å²) in [7, 11) is 0. The summed E-state index contributed by atoms with van der Waals surface area (Å²) in [6, 6.07) is 0. The van der Waals surface area contributed by atoms with Crippen LogP contribution in [0.25, 0.3) is 0 Å². The van der Waals surface area contributed by atoms with Crippen molar-refractivity contribution in [2.24, 2.45) is 0 Å². The topological polar surface area (TPSA) is 64.3 Å². The highest BCUT2D eigenvalue weighted by molar-refractivity contribution is 6.31. The SMILES string of the molecule is C=CCC(O)Oc1cnn(C(C)(C)C)c(=O)c1Cl. The van der Waals surface area contributed by atoms with Crippen molar-refractivity contribution in [3.63, 3.8) is 0 Å². The Balaban J connectivity index is 3.09. The quantitative estimate of drug-likeness (QED) is 0.672. The standard InChI is InChI=1S/C12H17ClN2O3/c1-5-6-9(16)18-8-7-14-15(12(2,3)4)11(17)10(8)13/h5,7,9,16H,1,6H2,2-4H3. The molecule has 0 spiro atoms. The Morgan fingerprint density at radius 3 is 2.78 bits per heavy atom. The first-order valence-electron chi connectivity index (χ1n) is 5.51. The average molecular weight is 273 g/mol. The summed E-state index contributed by atoms with van der Waals surface area (Å²) in [5, 5.41) is 13.3. The van der Waals surface area contributed by atoms with Crippen LogP contribution in [-0.4, -0.2) is 21.2 Å². The van der Waals surface area contributed by atoms with Gasteiger partial charge in [-0.15, -0.1) is 6.58 Å². The van der Waals surface area contributed by atoms with Gasteiger partial charge in [0.25, 0.3) is 5.56 Å². The van der Waals surface area contributed by atoms with Gasteiger partial charge in [-0.2, -0.15) is 5.10 Å². The van der Waals surface area contributed by atoms with Crippen LogP contribution in [0.2, 0.25) is 5.02 Å². The molecule has 0 aliphatic rings. The van der Waals surface area contributed by atoms with Crippen molar-refractivity contribution >= 4 is 11.6 Å². The largest absolute Gasteiger partial charge is 0.461 e. The molecule has 1 heterocycles. The second-order valence-electron chi connectivity index (χ2n) is 4.81. The Morgan fingerprint density at radius 1 is 1.67 bits per heavy atom. The zero-order chi connectivity index (χ0) is 13.9. The van der Waals surface area contributed by atoms with Gasteiger partial charge in [-0.05, 0) is 20.8 Å². The molecule has 1 aromatic heterocycles. The van der Waals surface area contributed by atoms with Crippen LogP contribution in [-0.2, 0) is 5.54 Å². The lowest BCUT2D eigenvalue weighted by Gasteiger charge is -2.21. The average Bonchev–Trinajstić information content (AvgIpc) is 2.23. The van der Waals surface area contributed by atoms with Gasteiger partial charge >= 0.3 is 0 Å². The molecule has 1 rings (SSSR count). The van der Waals surface area contributed by atoms with Gasteiger partial charge in [-0.25, -0.2) is 4.68 Å². The first kappa shape index (κ1) is 14.7. The van der Waals surface area contributed by atoms with E-state index in [1.54, 1.807) is 0 Å². The first-order valence-corrected chi connectivity index (χ1v) is 5.89. The molecule has 0 aliphatic heterocycles. The number of halogens is 1. The number of aliphatic hydroxyl groups is 1. The molecule has 5 nitrogen and oxygen atoms in total. The van der Waals surface area contributed by atoms with E-state index in [1.807, 2.05) is 20.8 Å². The van der Waals surface area contributed by atoms with E-state index in [0.717, 1.165) is 0 Å². The summed E-state index contributed by atoms with van der Waals surface area (Å²) >= 11 is 5.91. The van der Waals surface area contributed by atoms with Gasteiger partial charge in [0.05, 0.1) is 11.7 Å². The summed E-state index contributed by atoms with van der Waals surface area (Å²) in [4.78, 5) is 12.0. The second kappa shape index (κ2) is 5.54. The molecule has 1 aromatic rings. The lowest BCUT2D eigenvalue weighted by molar-refractivity contribution is -0.0142.